The second-order valence-corrected chi connectivity index (χ2v) is 5.66. The Labute approximate surface area is 89.5 Å². The molecule has 1 heterocycles. The Bertz CT molecular complexity index is 369. The molecular formula is C12H21NO. The van der Waals surface area contributed by atoms with E-state index in [1.165, 1.54) is 6.39 Å². The summed E-state index contributed by atoms with van der Waals surface area (Å²) in [5.74, 6) is 0.354. The van der Waals surface area contributed by atoms with Gasteiger partial charge in [-0.25, -0.2) is 4.98 Å². The summed E-state index contributed by atoms with van der Waals surface area (Å²) in [4.78, 5) is 4.16. The minimum atomic E-state index is -1.52. The zero-order chi connectivity index (χ0) is 12.8. The second kappa shape index (κ2) is 3.41. The lowest BCUT2D eigenvalue weighted by atomic mass is 9.85. The Morgan fingerprint density at radius 3 is 2.29 bits per heavy atom. The maximum Gasteiger partial charge on any atom is 0.181 e. The van der Waals surface area contributed by atoms with E-state index in [0.29, 0.717) is 11.5 Å². The van der Waals surface area contributed by atoms with Gasteiger partial charge in [0.15, 0.2) is 6.39 Å². The normalized spacial score (nSPS) is 16.4. The van der Waals surface area contributed by atoms with Crippen molar-refractivity contribution in [1.82, 2.24) is 4.98 Å². The number of oxazole rings is 1. The summed E-state index contributed by atoms with van der Waals surface area (Å²) in [6.07, 6.45) is -0.189. The highest BCUT2D eigenvalue weighted by atomic mass is 16.3. The van der Waals surface area contributed by atoms with Crippen molar-refractivity contribution in [2.75, 3.05) is 0 Å². The van der Waals surface area contributed by atoms with E-state index in [1.54, 1.807) is 0 Å². The van der Waals surface area contributed by atoms with Gasteiger partial charge < -0.3 is 4.42 Å². The summed E-state index contributed by atoms with van der Waals surface area (Å²) in [5, 5.41) is 0. The molecule has 1 aromatic heterocycles. The Kier molecular flexibility index (Phi) is 2.07. The van der Waals surface area contributed by atoms with Gasteiger partial charge in [-0.15, -0.1) is 0 Å². The monoisotopic (exact) mass is 197 g/mol. The summed E-state index contributed by atoms with van der Waals surface area (Å²) in [7, 11) is 0. The molecule has 0 bridgehead atoms. The van der Waals surface area contributed by atoms with Crippen molar-refractivity contribution in [3.05, 3.63) is 17.8 Å². The van der Waals surface area contributed by atoms with Crippen LogP contribution in [-0.4, -0.2) is 4.98 Å². The first-order chi connectivity index (χ1) is 6.98. The van der Waals surface area contributed by atoms with Gasteiger partial charge in [0.1, 0.15) is 5.76 Å². The number of rotatable bonds is 1. The maximum absolute atomic E-state index is 8.19. The van der Waals surface area contributed by atoms with E-state index in [0.717, 1.165) is 0 Å². The van der Waals surface area contributed by atoms with E-state index in [4.69, 9.17) is 7.16 Å². The fourth-order valence-corrected chi connectivity index (χ4v) is 1.21. The average Bonchev–Trinajstić information content (AvgIpc) is 2.47. The molecular weight excluding hydrogens is 174 g/mol. The van der Waals surface area contributed by atoms with E-state index in [2.05, 4.69) is 4.98 Å². The van der Waals surface area contributed by atoms with Crippen molar-refractivity contribution in [2.45, 2.75) is 53.3 Å². The molecule has 2 nitrogen and oxygen atoms in total. The summed E-state index contributed by atoms with van der Waals surface area (Å²) in [5.41, 5.74) is -0.0274. The molecule has 0 atom stereocenters. The first-order valence-electron chi connectivity index (χ1n) is 5.92. The zero-order valence-electron chi connectivity index (χ0n) is 11.9. The minimum absolute atomic E-state index is 0.207. The summed E-state index contributed by atoms with van der Waals surface area (Å²) >= 11 is 0. The quantitative estimate of drug-likeness (QED) is 0.688. The molecule has 0 aliphatic heterocycles. The highest BCUT2D eigenvalue weighted by Gasteiger charge is 2.25. The first kappa shape index (κ1) is 8.51. The maximum atomic E-state index is 8.19. The van der Waals surface area contributed by atoms with Crippen LogP contribution >= 0.6 is 0 Å². The predicted molar refractivity (Wildman–Crippen MR) is 58.4 cm³/mol. The van der Waals surface area contributed by atoms with Crippen LogP contribution in [0.3, 0.4) is 0 Å². The van der Waals surface area contributed by atoms with E-state index in [1.807, 2.05) is 41.5 Å². The fraction of sp³-hybridized carbons (Fsp3) is 0.750. The lowest BCUT2D eigenvalue weighted by Gasteiger charge is -2.21. The molecule has 0 saturated carbocycles. The standard InChI is InChI=1S/C12H21NO/c1-11(2,3)7-9-10(12(4,5)6)13-8-14-9/h8H,7H2,1-6H3/i7D2. The third kappa shape index (κ3) is 2.86. The predicted octanol–water partition coefficient (Wildman–Crippen LogP) is 3.56. The fourth-order valence-electron chi connectivity index (χ4n) is 1.21. The molecule has 0 aliphatic rings. The second-order valence-electron chi connectivity index (χ2n) is 5.66. The highest BCUT2D eigenvalue weighted by Crippen LogP contribution is 2.29. The van der Waals surface area contributed by atoms with Crippen LogP contribution in [0.25, 0.3) is 0 Å². The van der Waals surface area contributed by atoms with E-state index in [-0.39, 0.29) is 5.41 Å². The van der Waals surface area contributed by atoms with Crippen LogP contribution in [0.1, 0.15) is 55.7 Å². The number of hydrogen-bond acceptors (Lipinski definition) is 2. The lowest BCUT2D eigenvalue weighted by molar-refractivity contribution is 0.355. The van der Waals surface area contributed by atoms with Crippen LogP contribution in [0.5, 0.6) is 0 Å². The number of aromatic nitrogens is 1. The van der Waals surface area contributed by atoms with Crippen LogP contribution < -0.4 is 0 Å². The molecule has 0 fully saturated rings. The Hall–Kier alpha value is -0.790. The summed E-state index contributed by atoms with van der Waals surface area (Å²) < 4.78 is 21.7. The largest absolute Gasteiger partial charge is 0.448 e. The molecule has 14 heavy (non-hydrogen) atoms. The van der Waals surface area contributed by atoms with Gasteiger partial charge in [0.2, 0.25) is 0 Å². The van der Waals surface area contributed by atoms with Crippen molar-refractivity contribution in [2.24, 2.45) is 5.41 Å². The van der Waals surface area contributed by atoms with Crippen LogP contribution in [0.2, 0.25) is 0 Å². The SMILES string of the molecule is [2H]C([2H])(c1ocnc1C(C)(C)C)C(C)(C)C. The van der Waals surface area contributed by atoms with Gasteiger partial charge in [0.05, 0.1) is 5.69 Å². The molecule has 0 spiro atoms. The van der Waals surface area contributed by atoms with Crippen LogP contribution in [0, 0.1) is 5.41 Å². The zero-order valence-corrected chi connectivity index (χ0v) is 9.93. The molecule has 0 saturated heterocycles. The van der Waals surface area contributed by atoms with E-state index in [9.17, 15) is 0 Å². The number of nitrogens with zero attached hydrogens (tertiary/aromatic N) is 1. The molecule has 0 unspecified atom stereocenters. The Morgan fingerprint density at radius 2 is 1.86 bits per heavy atom. The molecule has 0 radical (unpaired) electrons. The van der Waals surface area contributed by atoms with Gasteiger partial charge in [-0.3, -0.25) is 0 Å². The average molecular weight is 197 g/mol. The van der Waals surface area contributed by atoms with Crippen LogP contribution in [0.4, 0.5) is 0 Å². The molecule has 0 N–H and O–H groups in total. The molecule has 0 aliphatic carbocycles. The van der Waals surface area contributed by atoms with Gasteiger partial charge in [-0.05, 0) is 5.41 Å². The highest BCUT2D eigenvalue weighted by molar-refractivity contribution is 5.17. The smallest absolute Gasteiger partial charge is 0.181 e. The van der Waals surface area contributed by atoms with E-state index >= 15 is 0 Å². The molecule has 1 aromatic rings. The molecule has 0 amide bonds. The minimum Gasteiger partial charge on any atom is -0.448 e. The first-order valence-corrected chi connectivity index (χ1v) is 4.92. The molecule has 2 heteroatoms. The third-order valence-electron chi connectivity index (χ3n) is 1.77. The van der Waals surface area contributed by atoms with Gasteiger partial charge in [0, 0.05) is 14.5 Å². The van der Waals surface area contributed by atoms with Gasteiger partial charge in [-0.2, -0.15) is 0 Å². The van der Waals surface area contributed by atoms with Crippen LogP contribution in [-0.2, 0) is 11.8 Å². The summed E-state index contributed by atoms with van der Waals surface area (Å²) in [6, 6.07) is 0. The topological polar surface area (TPSA) is 26.0 Å². The summed E-state index contributed by atoms with van der Waals surface area (Å²) in [6.45, 7) is 11.6. The Balaban J connectivity index is 3.31. The third-order valence-corrected chi connectivity index (χ3v) is 1.77. The van der Waals surface area contributed by atoms with Crippen LogP contribution in [0.15, 0.2) is 10.8 Å². The van der Waals surface area contributed by atoms with Crippen molar-refractivity contribution < 1.29 is 7.16 Å². The number of hydrogen-bond donors (Lipinski definition) is 0. The van der Waals surface area contributed by atoms with Crippen molar-refractivity contribution in [3.63, 3.8) is 0 Å². The molecule has 0 aromatic carbocycles. The Morgan fingerprint density at radius 1 is 1.29 bits per heavy atom. The molecule has 80 valence electrons. The molecule has 1 rings (SSSR count). The van der Waals surface area contributed by atoms with Gasteiger partial charge in [-0.1, -0.05) is 41.5 Å². The van der Waals surface area contributed by atoms with Crippen molar-refractivity contribution in [1.29, 1.82) is 0 Å². The van der Waals surface area contributed by atoms with Crippen molar-refractivity contribution in [3.8, 4) is 0 Å². The van der Waals surface area contributed by atoms with Gasteiger partial charge in [0.25, 0.3) is 0 Å². The lowest BCUT2D eigenvalue weighted by Crippen LogP contribution is -2.17. The van der Waals surface area contributed by atoms with Crippen molar-refractivity contribution >= 4 is 0 Å². The van der Waals surface area contributed by atoms with E-state index < -0.39 is 11.8 Å². The van der Waals surface area contributed by atoms with Gasteiger partial charge >= 0.3 is 0 Å².